The highest BCUT2D eigenvalue weighted by Gasteiger charge is 2.42. The van der Waals surface area contributed by atoms with Crippen molar-refractivity contribution in [3.05, 3.63) is 36.7 Å². The third-order valence-corrected chi connectivity index (χ3v) is 7.92. The maximum absolute atomic E-state index is 13.2. The summed E-state index contributed by atoms with van der Waals surface area (Å²) in [5.41, 5.74) is 5.06. The lowest BCUT2D eigenvalue weighted by molar-refractivity contribution is -0.139. The number of hydrogen-bond donors (Lipinski definition) is 4. The largest absolute Gasteiger partial charge is 0.444 e. The Morgan fingerprint density at radius 1 is 1.17 bits per heavy atom. The van der Waals surface area contributed by atoms with Crippen molar-refractivity contribution in [1.82, 2.24) is 19.9 Å². The molecule has 2 aliphatic rings. The quantitative estimate of drug-likeness (QED) is 0.183. The van der Waals surface area contributed by atoms with Crippen LogP contribution in [-0.4, -0.2) is 66.3 Å². The molecule has 1 aromatic rings. The van der Waals surface area contributed by atoms with Crippen molar-refractivity contribution in [2.24, 2.45) is 17.6 Å². The number of primary amides is 1. The lowest BCUT2D eigenvalue weighted by atomic mass is 10.0. The first-order valence-corrected chi connectivity index (χ1v) is 15.7. The highest BCUT2D eigenvalue weighted by Crippen LogP contribution is 2.40. The summed E-state index contributed by atoms with van der Waals surface area (Å²) < 4.78 is 34.0. The molecule has 232 valence electrons. The molecule has 13 nitrogen and oxygen atoms in total. The number of ether oxygens (including phenoxy) is 1. The van der Waals surface area contributed by atoms with Crippen LogP contribution in [0.2, 0.25) is 0 Å². The zero-order valence-corrected chi connectivity index (χ0v) is 25.2. The fraction of sp³-hybridized carbons (Fsp3) is 0.607. The first-order chi connectivity index (χ1) is 19.8. The molecule has 0 radical (unpaired) electrons. The van der Waals surface area contributed by atoms with Gasteiger partial charge in [-0.25, -0.2) is 9.52 Å². The van der Waals surface area contributed by atoms with Gasteiger partial charge in [0.2, 0.25) is 17.7 Å². The molecule has 42 heavy (non-hydrogen) atoms. The molecule has 0 bridgehead atoms. The number of alkyl carbamates (subject to hydrolysis) is 1. The van der Waals surface area contributed by atoms with Crippen LogP contribution in [0.1, 0.15) is 72.1 Å². The standard InChI is InChI=1S/C28H42N6O7S/c1-28(2,3)41-27(38)31-22(26(37)34-17-9-12-23(34)24(29)35)11-8-6-4-5-7-10-19-18-21(19)25(36)33-42(39,40)32-20-13-15-30-16-14-20/h7,10,13-16,19,21-23H,4-6,8-9,11-12,17-18H2,1-3H3,(H2,29,35)(H,30,32)(H,31,38)(H,33,36)/b10-7-/t19?,21-,22-,23-/m0/s1. The maximum atomic E-state index is 13.2. The van der Waals surface area contributed by atoms with Crippen molar-refractivity contribution in [3.8, 4) is 0 Å². The van der Waals surface area contributed by atoms with E-state index in [2.05, 4.69) is 19.7 Å². The minimum Gasteiger partial charge on any atom is -0.444 e. The second kappa shape index (κ2) is 14.5. The van der Waals surface area contributed by atoms with Gasteiger partial charge in [-0.3, -0.25) is 24.1 Å². The van der Waals surface area contributed by atoms with Gasteiger partial charge in [0.15, 0.2) is 0 Å². The highest BCUT2D eigenvalue weighted by atomic mass is 32.2. The van der Waals surface area contributed by atoms with Gasteiger partial charge in [-0.15, -0.1) is 0 Å². The molecule has 2 fully saturated rings. The number of likely N-dealkylation sites (tertiary alicyclic amines) is 1. The Labute approximate surface area is 247 Å². The van der Waals surface area contributed by atoms with Crippen LogP contribution in [0.15, 0.2) is 36.7 Å². The van der Waals surface area contributed by atoms with Crippen molar-refractivity contribution in [1.29, 1.82) is 0 Å². The Morgan fingerprint density at radius 2 is 1.88 bits per heavy atom. The van der Waals surface area contributed by atoms with Gasteiger partial charge in [0.05, 0.1) is 5.69 Å². The number of allylic oxidation sites excluding steroid dienone is 2. The molecule has 3 rings (SSSR count). The van der Waals surface area contributed by atoms with E-state index in [0.29, 0.717) is 44.3 Å². The van der Waals surface area contributed by atoms with Gasteiger partial charge in [-0.2, -0.15) is 8.42 Å². The van der Waals surface area contributed by atoms with Crippen molar-refractivity contribution < 1.29 is 32.3 Å². The number of nitrogens with two attached hydrogens (primary N) is 1. The molecule has 1 saturated heterocycles. The molecule has 1 aromatic heterocycles. The van der Waals surface area contributed by atoms with Gasteiger partial charge in [0, 0.05) is 24.9 Å². The number of aromatic nitrogens is 1. The van der Waals surface area contributed by atoms with Gasteiger partial charge >= 0.3 is 16.3 Å². The highest BCUT2D eigenvalue weighted by molar-refractivity contribution is 7.91. The topological polar surface area (TPSA) is 190 Å². The summed E-state index contributed by atoms with van der Waals surface area (Å²) in [4.78, 5) is 55.1. The second-order valence-electron chi connectivity index (χ2n) is 11.7. The maximum Gasteiger partial charge on any atom is 0.408 e. The molecular formula is C28H42N6O7S. The minimum absolute atomic E-state index is 0.0141. The summed E-state index contributed by atoms with van der Waals surface area (Å²) in [5, 5.41) is 2.67. The number of carbonyl (C=O) groups is 4. The van der Waals surface area contributed by atoms with Crippen LogP contribution in [-0.2, 0) is 29.3 Å². The summed E-state index contributed by atoms with van der Waals surface area (Å²) in [6.07, 6.45) is 11.3. The monoisotopic (exact) mass is 606 g/mol. The second-order valence-corrected chi connectivity index (χ2v) is 13.1. The predicted octanol–water partition coefficient (Wildman–Crippen LogP) is 2.37. The van der Waals surface area contributed by atoms with E-state index >= 15 is 0 Å². The van der Waals surface area contributed by atoms with E-state index in [4.69, 9.17) is 10.5 Å². The molecule has 1 aliphatic carbocycles. The van der Waals surface area contributed by atoms with Gasteiger partial charge in [-0.05, 0) is 77.3 Å². The van der Waals surface area contributed by atoms with Crippen LogP contribution in [0.25, 0.3) is 0 Å². The third kappa shape index (κ3) is 10.6. The van der Waals surface area contributed by atoms with E-state index < -0.39 is 51.7 Å². The number of rotatable bonds is 14. The van der Waals surface area contributed by atoms with Crippen LogP contribution in [0.5, 0.6) is 0 Å². The van der Waals surface area contributed by atoms with E-state index in [9.17, 15) is 27.6 Å². The number of pyridine rings is 1. The first kappa shape index (κ1) is 32.8. The molecule has 2 heterocycles. The number of anilines is 1. The zero-order valence-electron chi connectivity index (χ0n) is 24.4. The molecule has 4 atom stereocenters. The Bertz CT molecular complexity index is 1250. The lowest BCUT2D eigenvalue weighted by Crippen LogP contribution is -2.53. The van der Waals surface area contributed by atoms with Crippen molar-refractivity contribution in [3.63, 3.8) is 0 Å². The zero-order chi connectivity index (χ0) is 30.9. The molecule has 1 aliphatic heterocycles. The van der Waals surface area contributed by atoms with Crippen LogP contribution in [0, 0.1) is 11.8 Å². The number of carbonyl (C=O) groups excluding carboxylic acids is 4. The SMILES string of the molecule is CC(C)(C)OC(=O)N[C@@H](CCCCC/C=C\C1C[C@@H]1C(=O)NS(=O)(=O)Nc1ccncc1)C(=O)N1CCC[C@H]1C(N)=O. The molecule has 1 saturated carbocycles. The summed E-state index contributed by atoms with van der Waals surface area (Å²) in [6, 6.07) is 1.46. The third-order valence-electron chi connectivity index (χ3n) is 6.94. The fourth-order valence-electron chi connectivity index (χ4n) is 4.83. The normalized spacial score (nSPS) is 21.0. The van der Waals surface area contributed by atoms with Gasteiger partial charge < -0.3 is 20.7 Å². The van der Waals surface area contributed by atoms with E-state index in [1.165, 1.54) is 29.4 Å². The first-order valence-electron chi connectivity index (χ1n) is 14.3. The van der Waals surface area contributed by atoms with Crippen molar-refractivity contribution in [2.45, 2.75) is 89.8 Å². The van der Waals surface area contributed by atoms with Crippen LogP contribution in [0.4, 0.5) is 10.5 Å². The summed E-state index contributed by atoms with van der Waals surface area (Å²) in [5.74, 6) is -1.84. The van der Waals surface area contributed by atoms with Crippen LogP contribution >= 0.6 is 0 Å². The van der Waals surface area contributed by atoms with Crippen molar-refractivity contribution >= 4 is 39.7 Å². The van der Waals surface area contributed by atoms with Gasteiger partial charge in [-0.1, -0.05) is 25.0 Å². The van der Waals surface area contributed by atoms with Gasteiger partial charge in [0.25, 0.3) is 0 Å². The summed E-state index contributed by atoms with van der Waals surface area (Å²) in [6.45, 7) is 5.62. The van der Waals surface area contributed by atoms with Crippen LogP contribution in [0.3, 0.4) is 0 Å². The average molecular weight is 607 g/mol. The smallest absolute Gasteiger partial charge is 0.408 e. The Balaban J connectivity index is 1.40. The summed E-state index contributed by atoms with van der Waals surface area (Å²) >= 11 is 0. The van der Waals surface area contributed by atoms with E-state index in [0.717, 1.165) is 19.3 Å². The Hall–Kier alpha value is -3.68. The Morgan fingerprint density at radius 3 is 2.55 bits per heavy atom. The average Bonchev–Trinajstić information content (AvgIpc) is 3.49. The van der Waals surface area contributed by atoms with E-state index in [1.807, 2.05) is 12.2 Å². The molecule has 0 aromatic carbocycles. The number of amides is 4. The number of unbranched alkanes of at least 4 members (excludes halogenated alkanes) is 3. The molecular weight excluding hydrogens is 564 g/mol. The van der Waals surface area contributed by atoms with E-state index in [-0.39, 0.29) is 11.8 Å². The van der Waals surface area contributed by atoms with Gasteiger partial charge in [0.1, 0.15) is 17.7 Å². The van der Waals surface area contributed by atoms with E-state index in [1.54, 1.807) is 20.8 Å². The Kier molecular flexibility index (Phi) is 11.3. The number of hydrogen-bond acceptors (Lipinski definition) is 8. The molecule has 5 N–H and O–H groups in total. The lowest BCUT2D eigenvalue weighted by Gasteiger charge is -2.28. The van der Waals surface area contributed by atoms with Crippen LogP contribution < -0.4 is 20.5 Å². The predicted molar refractivity (Wildman–Crippen MR) is 156 cm³/mol. The van der Waals surface area contributed by atoms with Crippen molar-refractivity contribution in [2.75, 3.05) is 11.3 Å². The molecule has 0 spiro atoms. The minimum atomic E-state index is -4.03. The molecule has 14 heteroatoms. The fourth-order valence-corrected chi connectivity index (χ4v) is 5.74. The molecule has 1 unspecified atom stereocenters. The summed E-state index contributed by atoms with van der Waals surface area (Å²) in [7, 11) is -4.03. The molecule has 4 amide bonds. The number of nitrogens with zero attached hydrogens (tertiary/aromatic N) is 2. The number of nitrogens with one attached hydrogen (secondary N) is 3.